The van der Waals surface area contributed by atoms with Crippen LogP contribution in [-0.2, 0) is 16.4 Å². The molecule has 3 rings (SSSR count). The number of nitrogens with zero attached hydrogens (tertiary/aromatic N) is 1. The first-order valence-corrected chi connectivity index (χ1v) is 8.89. The van der Waals surface area contributed by atoms with E-state index in [-0.39, 0.29) is 22.0 Å². The maximum Gasteiger partial charge on any atom is 0.335 e. The van der Waals surface area contributed by atoms with Gasteiger partial charge < -0.3 is 9.84 Å². The van der Waals surface area contributed by atoms with Crippen LogP contribution in [0.15, 0.2) is 41.3 Å². The smallest absolute Gasteiger partial charge is 0.335 e. The van der Waals surface area contributed by atoms with Crippen LogP contribution in [-0.4, -0.2) is 33.1 Å². The third-order valence-electron chi connectivity index (χ3n) is 3.89. The number of halogens is 1. The number of carbonyl (C=O) groups is 1. The molecule has 1 aliphatic heterocycles. The second-order valence-electron chi connectivity index (χ2n) is 5.27. The molecule has 0 amide bonds. The van der Waals surface area contributed by atoms with Gasteiger partial charge >= 0.3 is 5.97 Å². The molecule has 0 unspecified atom stereocenters. The molecule has 0 aliphatic carbocycles. The summed E-state index contributed by atoms with van der Waals surface area (Å²) in [6.07, 6.45) is 0.544. The zero-order chi connectivity index (χ0) is 17.5. The van der Waals surface area contributed by atoms with Gasteiger partial charge in [0.15, 0.2) is 0 Å². The Morgan fingerprint density at radius 2 is 2.00 bits per heavy atom. The highest BCUT2D eigenvalue weighted by molar-refractivity contribution is 7.93. The van der Waals surface area contributed by atoms with Crippen LogP contribution in [0.3, 0.4) is 0 Å². The van der Waals surface area contributed by atoms with Gasteiger partial charge in [-0.25, -0.2) is 13.2 Å². The van der Waals surface area contributed by atoms with Gasteiger partial charge in [-0.05, 0) is 48.4 Å². The molecular formula is C16H14ClNO5S. The first kappa shape index (κ1) is 16.6. The molecule has 1 N–H and O–H groups in total. The molecule has 0 atom stereocenters. The molecule has 2 aromatic rings. The highest BCUT2D eigenvalue weighted by Gasteiger charge is 2.33. The van der Waals surface area contributed by atoms with Crippen molar-refractivity contribution < 1.29 is 23.1 Å². The van der Waals surface area contributed by atoms with Crippen molar-refractivity contribution in [3.63, 3.8) is 0 Å². The van der Waals surface area contributed by atoms with E-state index in [0.717, 1.165) is 11.6 Å². The Labute approximate surface area is 144 Å². The topological polar surface area (TPSA) is 83.9 Å². The zero-order valence-corrected chi connectivity index (χ0v) is 14.3. The largest absolute Gasteiger partial charge is 0.497 e. The Morgan fingerprint density at radius 1 is 1.25 bits per heavy atom. The number of hydrogen-bond acceptors (Lipinski definition) is 4. The molecule has 0 fully saturated rings. The normalized spacial score (nSPS) is 13.7. The molecule has 6 nitrogen and oxygen atoms in total. The second kappa shape index (κ2) is 5.99. The van der Waals surface area contributed by atoms with Crippen LogP contribution < -0.4 is 9.04 Å². The third-order valence-corrected chi connectivity index (χ3v) is 6.18. The Kier molecular flexibility index (Phi) is 4.15. The molecule has 1 heterocycles. The lowest BCUT2D eigenvalue weighted by atomic mass is 10.1. The molecule has 0 radical (unpaired) electrons. The summed E-state index contributed by atoms with van der Waals surface area (Å²) >= 11 is 6.02. The average Bonchev–Trinajstić information content (AvgIpc) is 2.98. The van der Waals surface area contributed by atoms with Crippen molar-refractivity contribution in [3.8, 4) is 5.75 Å². The van der Waals surface area contributed by atoms with E-state index in [9.17, 15) is 13.2 Å². The van der Waals surface area contributed by atoms with E-state index in [4.69, 9.17) is 21.4 Å². The molecule has 2 aromatic carbocycles. The van der Waals surface area contributed by atoms with Crippen molar-refractivity contribution in [1.82, 2.24) is 0 Å². The molecule has 0 saturated carbocycles. The molecule has 1 aliphatic rings. The van der Waals surface area contributed by atoms with Gasteiger partial charge in [0, 0.05) is 6.54 Å². The van der Waals surface area contributed by atoms with E-state index in [1.165, 1.54) is 16.4 Å². The maximum atomic E-state index is 13.0. The fraction of sp³-hybridized carbons (Fsp3) is 0.188. The average molecular weight is 368 g/mol. The van der Waals surface area contributed by atoms with Crippen LogP contribution in [0.2, 0.25) is 5.02 Å². The number of carboxylic acid groups (broad SMARTS) is 1. The lowest BCUT2D eigenvalue weighted by Crippen LogP contribution is -2.29. The molecule has 8 heteroatoms. The molecule has 0 bridgehead atoms. The predicted molar refractivity (Wildman–Crippen MR) is 89.6 cm³/mol. The van der Waals surface area contributed by atoms with E-state index in [1.54, 1.807) is 25.3 Å². The minimum atomic E-state index is -3.96. The second-order valence-corrected chi connectivity index (χ2v) is 7.51. The van der Waals surface area contributed by atoms with Gasteiger partial charge in [0.1, 0.15) is 10.6 Å². The molecule has 0 aromatic heterocycles. The van der Waals surface area contributed by atoms with Crippen molar-refractivity contribution in [2.75, 3.05) is 18.0 Å². The number of aromatic carboxylic acids is 1. The number of hydrogen-bond donors (Lipinski definition) is 1. The molecular weight excluding hydrogens is 354 g/mol. The van der Waals surface area contributed by atoms with Crippen LogP contribution >= 0.6 is 11.6 Å². The van der Waals surface area contributed by atoms with Crippen molar-refractivity contribution in [2.24, 2.45) is 0 Å². The van der Waals surface area contributed by atoms with E-state index in [0.29, 0.717) is 17.9 Å². The van der Waals surface area contributed by atoms with Crippen LogP contribution in [0, 0.1) is 0 Å². The number of anilines is 1. The monoisotopic (exact) mass is 367 g/mol. The fourth-order valence-corrected chi connectivity index (χ4v) is 4.68. The van der Waals surface area contributed by atoms with Gasteiger partial charge in [-0.2, -0.15) is 0 Å². The maximum absolute atomic E-state index is 13.0. The van der Waals surface area contributed by atoms with E-state index in [1.807, 2.05) is 0 Å². The zero-order valence-electron chi connectivity index (χ0n) is 12.7. The van der Waals surface area contributed by atoms with Crippen LogP contribution in [0.5, 0.6) is 5.75 Å². The lowest BCUT2D eigenvalue weighted by Gasteiger charge is -2.20. The fourth-order valence-electron chi connectivity index (χ4n) is 2.68. The first-order chi connectivity index (χ1) is 11.3. The number of ether oxygens (including phenoxy) is 1. The van der Waals surface area contributed by atoms with E-state index in [2.05, 4.69) is 0 Å². The van der Waals surface area contributed by atoms with Crippen LogP contribution in [0.4, 0.5) is 5.69 Å². The number of benzene rings is 2. The number of sulfonamides is 1. The number of rotatable bonds is 4. The van der Waals surface area contributed by atoms with Crippen LogP contribution in [0.1, 0.15) is 15.9 Å². The standard InChI is InChI=1S/C16H14ClNO5S/c1-23-12-3-5-14-10(8-12)6-7-18(14)24(21,22)15-9-11(16(19)20)2-4-13(15)17/h2-5,8-9H,6-7H2,1H3,(H,19,20). The summed E-state index contributed by atoms with van der Waals surface area (Å²) in [6, 6.07) is 8.78. The minimum absolute atomic E-state index is 0.0121. The van der Waals surface area contributed by atoms with Gasteiger partial charge in [-0.1, -0.05) is 11.6 Å². The Hall–Kier alpha value is -2.25. The van der Waals surface area contributed by atoms with Gasteiger partial charge in [-0.15, -0.1) is 0 Å². The summed E-state index contributed by atoms with van der Waals surface area (Å²) < 4.78 is 32.3. The molecule has 0 saturated heterocycles. The third kappa shape index (κ3) is 2.70. The summed E-state index contributed by atoms with van der Waals surface area (Å²) in [5, 5.41) is 9.07. The lowest BCUT2D eigenvalue weighted by molar-refractivity contribution is 0.0696. The van der Waals surface area contributed by atoms with E-state index >= 15 is 0 Å². The van der Waals surface area contributed by atoms with Crippen molar-refractivity contribution in [1.29, 1.82) is 0 Å². The number of carboxylic acids is 1. The van der Waals surface area contributed by atoms with Gasteiger partial charge in [0.05, 0.1) is 23.4 Å². The van der Waals surface area contributed by atoms with E-state index < -0.39 is 16.0 Å². The Morgan fingerprint density at radius 3 is 2.67 bits per heavy atom. The quantitative estimate of drug-likeness (QED) is 0.898. The summed E-state index contributed by atoms with van der Waals surface area (Å²) in [5.41, 5.74) is 1.27. The molecule has 0 spiro atoms. The van der Waals surface area contributed by atoms with Gasteiger partial charge in [0.25, 0.3) is 10.0 Å². The summed E-state index contributed by atoms with van der Waals surface area (Å²) in [4.78, 5) is 10.9. The molecule has 24 heavy (non-hydrogen) atoms. The Balaban J connectivity index is 2.08. The summed E-state index contributed by atoms with van der Waals surface area (Å²) in [5.74, 6) is -0.561. The summed E-state index contributed by atoms with van der Waals surface area (Å²) in [7, 11) is -2.42. The van der Waals surface area contributed by atoms with Gasteiger partial charge in [0.2, 0.25) is 0 Å². The number of fused-ring (bicyclic) bond motifs is 1. The Bertz CT molecular complexity index is 926. The molecule has 126 valence electrons. The summed E-state index contributed by atoms with van der Waals surface area (Å²) in [6.45, 7) is 0.262. The van der Waals surface area contributed by atoms with Crippen molar-refractivity contribution in [3.05, 3.63) is 52.5 Å². The minimum Gasteiger partial charge on any atom is -0.497 e. The first-order valence-electron chi connectivity index (χ1n) is 7.07. The van der Waals surface area contributed by atoms with Gasteiger partial charge in [-0.3, -0.25) is 4.31 Å². The highest BCUT2D eigenvalue weighted by atomic mass is 35.5. The SMILES string of the molecule is COc1ccc2c(c1)CCN2S(=O)(=O)c1cc(C(=O)O)ccc1Cl. The van der Waals surface area contributed by atoms with Crippen molar-refractivity contribution in [2.45, 2.75) is 11.3 Å². The number of methoxy groups -OCH3 is 1. The highest BCUT2D eigenvalue weighted by Crippen LogP contribution is 2.36. The van der Waals surface area contributed by atoms with Crippen LogP contribution in [0.25, 0.3) is 0 Å². The predicted octanol–water partition coefficient (Wildman–Crippen LogP) is 2.80. The van der Waals surface area contributed by atoms with Crippen molar-refractivity contribution >= 4 is 33.3 Å².